The Kier molecular flexibility index (Phi) is 6.06. The van der Waals surface area contributed by atoms with Crippen LogP contribution < -0.4 is 5.32 Å². The molecule has 0 saturated heterocycles. The molecule has 0 aliphatic heterocycles. The zero-order chi connectivity index (χ0) is 14.4. The van der Waals surface area contributed by atoms with Crippen LogP contribution >= 0.6 is 11.6 Å². The molecule has 0 aromatic heterocycles. The fourth-order valence-corrected chi connectivity index (χ4v) is 3.02. The molecule has 1 aliphatic carbocycles. The summed E-state index contributed by atoms with van der Waals surface area (Å²) in [6.45, 7) is 2.88. The molecular formula is C17H23ClFN. The summed E-state index contributed by atoms with van der Waals surface area (Å²) < 4.78 is 14.2. The molecule has 20 heavy (non-hydrogen) atoms. The second-order valence-electron chi connectivity index (χ2n) is 5.39. The van der Waals surface area contributed by atoms with Gasteiger partial charge in [0.1, 0.15) is 5.82 Å². The first-order valence-corrected chi connectivity index (χ1v) is 7.97. The first-order chi connectivity index (χ1) is 9.72. The van der Waals surface area contributed by atoms with Gasteiger partial charge in [-0.25, -0.2) is 4.39 Å². The molecule has 1 nitrogen and oxygen atoms in total. The van der Waals surface area contributed by atoms with E-state index in [0.29, 0.717) is 10.6 Å². The molecule has 2 rings (SSSR count). The van der Waals surface area contributed by atoms with Gasteiger partial charge in [0.2, 0.25) is 0 Å². The molecule has 1 aromatic rings. The molecular weight excluding hydrogens is 273 g/mol. The summed E-state index contributed by atoms with van der Waals surface area (Å²) in [4.78, 5) is 0. The third-order valence-electron chi connectivity index (χ3n) is 3.88. The van der Waals surface area contributed by atoms with Gasteiger partial charge in [-0.15, -0.1) is 0 Å². The lowest BCUT2D eigenvalue weighted by Crippen LogP contribution is -2.24. The summed E-state index contributed by atoms with van der Waals surface area (Å²) in [5.41, 5.74) is 2.04. The Morgan fingerprint density at radius 2 is 2.05 bits per heavy atom. The van der Waals surface area contributed by atoms with Crippen molar-refractivity contribution < 1.29 is 4.39 Å². The average molecular weight is 296 g/mol. The SMILES string of the molecule is CCNC(/C1=C/CCCCCC1)c1ccc(Cl)cc1F. The number of rotatable bonds is 4. The van der Waals surface area contributed by atoms with E-state index in [9.17, 15) is 4.39 Å². The van der Waals surface area contributed by atoms with E-state index in [4.69, 9.17) is 11.6 Å². The van der Waals surface area contributed by atoms with Crippen LogP contribution in [0.4, 0.5) is 4.39 Å². The summed E-state index contributed by atoms with van der Waals surface area (Å²) in [6.07, 6.45) is 9.49. The van der Waals surface area contributed by atoms with Gasteiger partial charge < -0.3 is 5.32 Å². The number of benzene rings is 1. The monoisotopic (exact) mass is 295 g/mol. The summed E-state index contributed by atoms with van der Waals surface area (Å²) in [6, 6.07) is 4.97. The van der Waals surface area contributed by atoms with Gasteiger partial charge in [-0.3, -0.25) is 0 Å². The highest BCUT2D eigenvalue weighted by Crippen LogP contribution is 2.31. The Morgan fingerprint density at radius 3 is 2.80 bits per heavy atom. The van der Waals surface area contributed by atoms with Crippen LogP contribution in [0.25, 0.3) is 0 Å². The van der Waals surface area contributed by atoms with E-state index in [1.807, 2.05) is 6.07 Å². The Balaban J connectivity index is 2.29. The molecule has 1 N–H and O–H groups in total. The molecule has 0 saturated carbocycles. The quantitative estimate of drug-likeness (QED) is 0.732. The lowest BCUT2D eigenvalue weighted by molar-refractivity contribution is 0.524. The molecule has 110 valence electrons. The van der Waals surface area contributed by atoms with Crippen molar-refractivity contribution in [3.8, 4) is 0 Å². The highest BCUT2D eigenvalue weighted by atomic mass is 35.5. The average Bonchev–Trinajstić information content (AvgIpc) is 2.37. The molecule has 3 heteroatoms. The molecule has 1 aliphatic rings. The summed E-state index contributed by atoms with van der Waals surface area (Å²) >= 11 is 5.86. The van der Waals surface area contributed by atoms with Crippen molar-refractivity contribution in [3.63, 3.8) is 0 Å². The van der Waals surface area contributed by atoms with E-state index in [1.165, 1.54) is 37.3 Å². The van der Waals surface area contributed by atoms with Gasteiger partial charge in [-0.05, 0) is 44.4 Å². The van der Waals surface area contributed by atoms with Crippen molar-refractivity contribution >= 4 is 11.6 Å². The number of nitrogens with one attached hydrogen (secondary N) is 1. The Morgan fingerprint density at radius 1 is 1.25 bits per heavy atom. The van der Waals surface area contributed by atoms with Crippen molar-refractivity contribution in [2.45, 2.75) is 51.5 Å². The maximum atomic E-state index is 14.2. The molecule has 1 unspecified atom stereocenters. The van der Waals surface area contributed by atoms with E-state index in [2.05, 4.69) is 18.3 Å². The van der Waals surface area contributed by atoms with Gasteiger partial charge in [-0.2, -0.15) is 0 Å². The number of hydrogen-bond donors (Lipinski definition) is 1. The summed E-state index contributed by atoms with van der Waals surface area (Å²) in [7, 11) is 0. The minimum Gasteiger partial charge on any atom is -0.307 e. The van der Waals surface area contributed by atoms with Crippen molar-refractivity contribution in [1.29, 1.82) is 0 Å². The molecule has 1 atom stereocenters. The zero-order valence-electron chi connectivity index (χ0n) is 12.1. The highest BCUT2D eigenvalue weighted by molar-refractivity contribution is 6.30. The van der Waals surface area contributed by atoms with Crippen molar-refractivity contribution in [2.75, 3.05) is 6.54 Å². The van der Waals surface area contributed by atoms with Crippen LogP contribution in [0.5, 0.6) is 0 Å². The smallest absolute Gasteiger partial charge is 0.129 e. The molecule has 0 heterocycles. The predicted octanol–water partition coefficient (Wildman–Crippen LogP) is 5.41. The fraction of sp³-hybridized carbons (Fsp3) is 0.529. The third-order valence-corrected chi connectivity index (χ3v) is 4.11. The first-order valence-electron chi connectivity index (χ1n) is 7.59. The van der Waals surface area contributed by atoms with E-state index in [-0.39, 0.29) is 11.9 Å². The Hall–Kier alpha value is -0.860. The van der Waals surface area contributed by atoms with E-state index in [0.717, 1.165) is 19.4 Å². The number of allylic oxidation sites excluding steroid dienone is 1. The Bertz CT molecular complexity index is 470. The van der Waals surface area contributed by atoms with Gasteiger partial charge in [0.15, 0.2) is 0 Å². The van der Waals surface area contributed by atoms with Crippen LogP contribution in [0.2, 0.25) is 5.02 Å². The molecule has 0 bridgehead atoms. The van der Waals surface area contributed by atoms with Crippen LogP contribution in [0.3, 0.4) is 0 Å². The maximum absolute atomic E-state index is 14.2. The van der Waals surface area contributed by atoms with Crippen LogP contribution in [-0.4, -0.2) is 6.54 Å². The van der Waals surface area contributed by atoms with Gasteiger partial charge in [-0.1, -0.05) is 49.1 Å². The van der Waals surface area contributed by atoms with Crippen molar-refractivity contribution in [1.82, 2.24) is 5.32 Å². The summed E-state index contributed by atoms with van der Waals surface area (Å²) in [5.74, 6) is -0.216. The van der Waals surface area contributed by atoms with Gasteiger partial charge in [0, 0.05) is 10.6 Å². The van der Waals surface area contributed by atoms with Crippen LogP contribution in [-0.2, 0) is 0 Å². The number of halogens is 2. The van der Waals surface area contributed by atoms with E-state index >= 15 is 0 Å². The van der Waals surface area contributed by atoms with Crippen LogP contribution in [0, 0.1) is 5.82 Å². The minimum atomic E-state index is -0.216. The second kappa shape index (κ2) is 7.80. The normalized spacial score (nSPS) is 20.6. The molecule has 1 aromatic carbocycles. The molecule has 0 fully saturated rings. The largest absolute Gasteiger partial charge is 0.307 e. The number of likely N-dealkylation sites (N-methyl/N-ethyl adjacent to an activating group) is 1. The topological polar surface area (TPSA) is 12.0 Å². The molecule has 0 spiro atoms. The van der Waals surface area contributed by atoms with Gasteiger partial charge in [0.05, 0.1) is 6.04 Å². The first kappa shape index (κ1) is 15.5. The minimum absolute atomic E-state index is 0.0182. The summed E-state index contributed by atoms with van der Waals surface area (Å²) in [5, 5.41) is 3.88. The zero-order valence-corrected chi connectivity index (χ0v) is 12.8. The highest BCUT2D eigenvalue weighted by Gasteiger charge is 2.19. The van der Waals surface area contributed by atoms with Crippen molar-refractivity contribution in [3.05, 3.63) is 46.3 Å². The standard InChI is InChI=1S/C17H23ClFN/c1-2-20-17(13-8-6-4-3-5-7-9-13)15-11-10-14(18)12-16(15)19/h8,10-12,17,20H,2-7,9H2,1H3/b13-8+. The van der Waals surface area contributed by atoms with Crippen LogP contribution in [0.15, 0.2) is 29.8 Å². The third kappa shape index (κ3) is 4.07. The second-order valence-corrected chi connectivity index (χ2v) is 5.82. The van der Waals surface area contributed by atoms with Gasteiger partial charge in [0.25, 0.3) is 0 Å². The van der Waals surface area contributed by atoms with E-state index < -0.39 is 0 Å². The van der Waals surface area contributed by atoms with E-state index in [1.54, 1.807) is 6.07 Å². The fourth-order valence-electron chi connectivity index (χ4n) is 2.86. The lowest BCUT2D eigenvalue weighted by atomic mass is 9.90. The molecule has 0 amide bonds. The Labute approximate surface area is 126 Å². The molecule has 0 radical (unpaired) electrons. The maximum Gasteiger partial charge on any atom is 0.129 e. The van der Waals surface area contributed by atoms with Gasteiger partial charge >= 0.3 is 0 Å². The van der Waals surface area contributed by atoms with Crippen molar-refractivity contribution in [2.24, 2.45) is 0 Å². The lowest BCUT2D eigenvalue weighted by Gasteiger charge is -2.24. The number of hydrogen-bond acceptors (Lipinski definition) is 1. The van der Waals surface area contributed by atoms with Crippen LogP contribution in [0.1, 0.15) is 57.1 Å². The predicted molar refractivity (Wildman–Crippen MR) is 83.6 cm³/mol.